The number of benzene rings is 1. The number of amides is 2. The van der Waals surface area contributed by atoms with E-state index < -0.39 is 22.0 Å². The van der Waals surface area contributed by atoms with Crippen LogP contribution in [0.3, 0.4) is 0 Å². The van der Waals surface area contributed by atoms with Gasteiger partial charge in [0.05, 0.1) is 17.5 Å². The molecular weight excluding hydrogens is 322 g/mol. The minimum absolute atomic E-state index is 0.0214. The molecule has 0 aliphatic heterocycles. The zero-order valence-corrected chi connectivity index (χ0v) is 12.6. The van der Waals surface area contributed by atoms with Gasteiger partial charge in [0.25, 0.3) is 0 Å². The maximum atomic E-state index is 11.6. The largest absolute Gasteiger partial charge is 0.478 e. The van der Waals surface area contributed by atoms with Crippen LogP contribution in [0.5, 0.6) is 0 Å². The second kappa shape index (κ2) is 7.25. The van der Waals surface area contributed by atoms with E-state index in [1.54, 1.807) is 0 Å². The molecular formula is C11H14ClN3O5S. The van der Waals surface area contributed by atoms with E-state index in [4.69, 9.17) is 16.7 Å². The summed E-state index contributed by atoms with van der Waals surface area (Å²) in [6.45, 7) is 0.0649. The highest BCUT2D eigenvalue weighted by molar-refractivity contribution is 7.88. The summed E-state index contributed by atoms with van der Waals surface area (Å²) < 4.78 is 23.8. The highest BCUT2D eigenvalue weighted by atomic mass is 35.5. The fourth-order valence-corrected chi connectivity index (χ4v) is 2.03. The number of anilines is 1. The third kappa shape index (κ3) is 6.43. The van der Waals surface area contributed by atoms with Gasteiger partial charge in [-0.3, -0.25) is 0 Å². The molecule has 116 valence electrons. The van der Waals surface area contributed by atoms with Gasteiger partial charge in [-0.2, -0.15) is 0 Å². The number of urea groups is 1. The van der Waals surface area contributed by atoms with Gasteiger partial charge in [-0.25, -0.2) is 22.7 Å². The normalized spacial score (nSPS) is 11.0. The van der Waals surface area contributed by atoms with Crippen LogP contribution in [-0.2, 0) is 10.0 Å². The molecule has 0 aliphatic carbocycles. The third-order valence-corrected chi connectivity index (χ3v) is 3.20. The van der Waals surface area contributed by atoms with Gasteiger partial charge in [0.2, 0.25) is 10.0 Å². The van der Waals surface area contributed by atoms with Crippen LogP contribution in [0.1, 0.15) is 10.4 Å². The molecule has 0 saturated carbocycles. The molecule has 0 radical (unpaired) electrons. The molecule has 0 bridgehead atoms. The Morgan fingerprint density at radius 1 is 1.29 bits per heavy atom. The first-order valence-electron chi connectivity index (χ1n) is 5.71. The Bertz CT molecular complexity index is 647. The van der Waals surface area contributed by atoms with Gasteiger partial charge >= 0.3 is 12.0 Å². The van der Waals surface area contributed by atoms with Crippen molar-refractivity contribution in [3.63, 3.8) is 0 Å². The van der Waals surface area contributed by atoms with Crippen molar-refractivity contribution in [2.75, 3.05) is 24.7 Å². The molecule has 10 heteroatoms. The highest BCUT2D eigenvalue weighted by Crippen LogP contribution is 2.20. The van der Waals surface area contributed by atoms with Crippen molar-refractivity contribution >= 4 is 39.3 Å². The smallest absolute Gasteiger partial charge is 0.337 e. The van der Waals surface area contributed by atoms with E-state index in [2.05, 4.69) is 15.4 Å². The van der Waals surface area contributed by atoms with E-state index in [1.165, 1.54) is 18.2 Å². The van der Waals surface area contributed by atoms with Gasteiger partial charge in [-0.1, -0.05) is 11.6 Å². The number of hydrogen-bond donors (Lipinski definition) is 4. The molecule has 21 heavy (non-hydrogen) atoms. The lowest BCUT2D eigenvalue weighted by molar-refractivity contribution is 0.0698. The lowest BCUT2D eigenvalue weighted by atomic mass is 10.2. The summed E-state index contributed by atoms with van der Waals surface area (Å²) >= 11 is 5.74. The number of sulfonamides is 1. The van der Waals surface area contributed by atoms with Gasteiger partial charge in [0, 0.05) is 18.1 Å². The number of nitrogens with one attached hydrogen (secondary N) is 3. The predicted octanol–water partition coefficient (Wildman–Crippen LogP) is 0.709. The molecule has 1 aromatic carbocycles. The van der Waals surface area contributed by atoms with Crippen LogP contribution in [0.4, 0.5) is 10.5 Å². The fraction of sp³-hybridized carbons (Fsp3) is 0.273. The van der Waals surface area contributed by atoms with Gasteiger partial charge in [-0.15, -0.1) is 0 Å². The lowest BCUT2D eigenvalue weighted by Crippen LogP contribution is -2.36. The van der Waals surface area contributed by atoms with Crippen molar-refractivity contribution in [1.29, 1.82) is 0 Å². The van der Waals surface area contributed by atoms with E-state index in [-0.39, 0.29) is 29.4 Å². The molecule has 0 spiro atoms. The van der Waals surface area contributed by atoms with Crippen LogP contribution >= 0.6 is 11.6 Å². The van der Waals surface area contributed by atoms with E-state index in [0.29, 0.717) is 0 Å². The quantitative estimate of drug-likeness (QED) is 0.570. The van der Waals surface area contributed by atoms with E-state index in [1.807, 2.05) is 0 Å². The summed E-state index contributed by atoms with van der Waals surface area (Å²) in [5.74, 6) is -1.21. The Hall–Kier alpha value is -1.84. The molecule has 0 unspecified atom stereocenters. The topological polar surface area (TPSA) is 125 Å². The van der Waals surface area contributed by atoms with Crippen LogP contribution in [-0.4, -0.2) is 44.9 Å². The number of hydrogen-bond acceptors (Lipinski definition) is 4. The Balaban J connectivity index is 2.59. The van der Waals surface area contributed by atoms with E-state index >= 15 is 0 Å². The second-order valence-electron chi connectivity index (χ2n) is 4.04. The minimum atomic E-state index is -3.32. The number of carboxylic acids is 1. The summed E-state index contributed by atoms with van der Waals surface area (Å²) in [5.41, 5.74) is -0.0626. The molecule has 1 aromatic rings. The SMILES string of the molecule is CS(=O)(=O)NCCNC(=O)Nc1cc(Cl)ccc1C(=O)O. The first kappa shape index (κ1) is 17.2. The molecule has 0 heterocycles. The molecule has 0 fully saturated rings. The summed E-state index contributed by atoms with van der Waals surface area (Å²) in [6, 6.07) is 3.30. The summed E-state index contributed by atoms with van der Waals surface area (Å²) in [4.78, 5) is 22.6. The number of carboxylic acid groups (broad SMARTS) is 1. The summed E-state index contributed by atoms with van der Waals surface area (Å²) in [5, 5.41) is 14.0. The number of rotatable bonds is 6. The molecule has 1 rings (SSSR count). The molecule has 0 aromatic heterocycles. The zero-order chi connectivity index (χ0) is 16.0. The van der Waals surface area contributed by atoms with Gasteiger partial charge < -0.3 is 15.7 Å². The van der Waals surface area contributed by atoms with Gasteiger partial charge in [0.1, 0.15) is 0 Å². The Labute approximate surface area is 126 Å². The Morgan fingerprint density at radius 3 is 2.52 bits per heavy atom. The first-order valence-corrected chi connectivity index (χ1v) is 7.98. The minimum Gasteiger partial charge on any atom is -0.478 e. The maximum absolute atomic E-state index is 11.6. The summed E-state index contributed by atoms with van der Waals surface area (Å²) in [7, 11) is -3.32. The van der Waals surface area contributed by atoms with Crippen LogP contribution < -0.4 is 15.4 Å². The van der Waals surface area contributed by atoms with Crippen molar-refractivity contribution in [3.8, 4) is 0 Å². The predicted molar refractivity (Wildman–Crippen MR) is 78.3 cm³/mol. The molecule has 0 saturated heterocycles. The second-order valence-corrected chi connectivity index (χ2v) is 6.31. The number of aromatic carboxylic acids is 1. The van der Waals surface area contributed by atoms with Crippen molar-refractivity contribution in [2.24, 2.45) is 0 Å². The monoisotopic (exact) mass is 335 g/mol. The van der Waals surface area contributed by atoms with Gasteiger partial charge in [0.15, 0.2) is 0 Å². The lowest BCUT2D eigenvalue weighted by Gasteiger charge is -2.10. The fourth-order valence-electron chi connectivity index (χ4n) is 1.39. The van der Waals surface area contributed by atoms with E-state index in [9.17, 15) is 18.0 Å². The average Bonchev–Trinajstić information content (AvgIpc) is 2.33. The third-order valence-electron chi connectivity index (χ3n) is 2.24. The van der Waals surface area contributed by atoms with Crippen molar-refractivity contribution in [1.82, 2.24) is 10.0 Å². The molecule has 8 nitrogen and oxygen atoms in total. The summed E-state index contributed by atoms with van der Waals surface area (Å²) in [6.07, 6.45) is 0.998. The molecule has 4 N–H and O–H groups in total. The average molecular weight is 336 g/mol. The Kier molecular flexibility index (Phi) is 5.94. The van der Waals surface area contributed by atoms with Crippen molar-refractivity contribution in [2.45, 2.75) is 0 Å². The van der Waals surface area contributed by atoms with Gasteiger partial charge in [-0.05, 0) is 18.2 Å². The number of halogens is 1. The standard InChI is InChI=1S/C11H14ClN3O5S/c1-21(19,20)14-5-4-13-11(18)15-9-6-7(12)2-3-8(9)10(16)17/h2-3,6,14H,4-5H2,1H3,(H,16,17)(H2,13,15,18). The van der Waals surface area contributed by atoms with Crippen LogP contribution in [0, 0.1) is 0 Å². The van der Waals surface area contributed by atoms with Crippen molar-refractivity contribution in [3.05, 3.63) is 28.8 Å². The highest BCUT2D eigenvalue weighted by Gasteiger charge is 2.12. The Morgan fingerprint density at radius 2 is 1.95 bits per heavy atom. The number of carbonyl (C=O) groups is 2. The number of carbonyl (C=O) groups excluding carboxylic acids is 1. The molecule has 2 amide bonds. The maximum Gasteiger partial charge on any atom is 0.337 e. The zero-order valence-electron chi connectivity index (χ0n) is 11.0. The van der Waals surface area contributed by atoms with Crippen LogP contribution in [0.15, 0.2) is 18.2 Å². The molecule has 0 atom stereocenters. The van der Waals surface area contributed by atoms with Crippen LogP contribution in [0.2, 0.25) is 5.02 Å². The molecule has 0 aliphatic rings. The van der Waals surface area contributed by atoms with Crippen molar-refractivity contribution < 1.29 is 23.1 Å². The van der Waals surface area contributed by atoms with E-state index in [0.717, 1.165) is 6.26 Å². The van der Waals surface area contributed by atoms with Crippen LogP contribution in [0.25, 0.3) is 0 Å². The first-order chi connectivity index (χ1) is 9.69.